The molecule has 0 spiro atoms. The molecule has 0 aliphatic heterocycles. The molecule has 82 valence electrons. The zero-order valence-electron chi connectivity index (χ0n) is 8.72. The minimum Gasteiger partial charge on any atom is -0.294 e. The normalized spacial score (nSPS) is 10.3. The first kappa shape index (κ1) is 12.7. The lowest BCUT2D eigenvalue weighted by molar-refractivity contribution is 0.0989. The van der Waals surface area contributed by atoms with Crippen molar-refractivity contribution in [2.45, 2.75) is 25.6 Å². The van der Waals surface area contributed by atoms with Crippen LogP contribution in [0.2, 0.25) is 0 Å². The second-order valence-corrected chi connectivity index (χ2v) is 4.35. The Balaban J connectivity index is 3.11. The fraction of sp³-hybridized carbons (Fsp3) is 0.417. The summed E-state index contributed by atoms with van der Waals surface area (Å²) in [6, 6.07) is 5.82. The van der Waals surface area contributed by atoms with Crippen molar-refractivity contribution in [2.75, 3.05) is 5.33 Å². The zero-order valence-corrected chi connectivity index (χ0v) is 11.1. The van der Waals surface area contributed by atoms with Gasteiger partial charge < -0.3 is 0 Å². The Morgan fingerprint density at radius 3 is 2.73 bits per heavy atom. The van der Waals surface area contributed by atoms with Gasteiger partial charge in [-0.1, -0.05) is 41.1 Å². The van der Waals surface area contributed by atoms with Gasteiger partial charge >= 0.3 is 0 Å². The summed E-state index contributed by atoms with van der Waals surface area (Å²) in [6.07, 6.45) is 1.44. The van der Waals surface area contributed by atoms with Crippen molar-refractivity contribution in [3.8, 4) is 0 Å². The topological polar surface area (TPSA) is 17.1 Å². The molecule has 0 heterocycles. The van der Waals surface area contributed by atoms with E-state index in [-0.39, 0.29) is 5.78 Å². The number of hydrogen-bond donors (Lipinski definition) is 0. The third-order valence-corrected chi connectivity index (χ3v) is 3.07. The van der Waals surface area contributed by atoms with Gasteiger partial charge in [-0.15, -0.1) is 11.6 Å². The predicted octanol–water partition coefficient (Wildman–Crippen LogP) is 3.96. The van der Waals surface area contributed by atoms with Crippen LogP contribution < -0.4 is 0 Å². The van der Waals surface area contributed by atoms with E-state index in [0.29, 0.717) is 17.6 Å². The third kappa shape index (κ3) is 3.05. The van der Waals surface area contributed by atoms with Crippen LogP contribution in [0.4, 0.5) is 0 Å². The summed E-state index contributed by atoms with van der Waals surface area (Å²) in [5.41, 5.74) is 2.95. The molecule has 0 saturated carbocycles. The van der Waals surface area contributed by atoms with Gasteiger partial charge in [0, 0.05) is 23.2 Å². The maximum atomic E-state index is 11.8. The molecule has 0 bridgehead atoms. The molecule has 1 aromatic rings. The molecule has 0 unspecified atom stereocenters. The Kier molecular flexibility index (Phi) is 5.34. The molecule has 0 aromatic heterocycles. The number of ketones is 1. The van der Waals surface area contributed by atoms with Crippen LogP contribution in [0.1, 0.15) is 34.8 Å². The Hall–Kier alpha value is -0.340. The summed E-state index contributed by atoms with van der Waals surface area (Å²) in [4.78, 5) is 11.8. The summed E-state index contributed by atoms with van der Waals surface area (Å²) < 4.78 is 0. The number of carbonyl (C=O) groups excluding carboxylic acids is 1. The molecule has 0 saturated heterocycles. The molecule has 1 nitrogen and oxygen atoms in total. The van der Waals surface area contributed by atoms with Gasteiger partial charge in [0.05, 0.1) is 0 Å². The van der Waals surface area contributed by atoms with Gasteiger partial charge in [-0.3, -0.25) is 4.79 Å². The Bertz CT molecular complexity index is 349. The maximum Gasteiger partial charge on any atom is 0.164 e. The largest absolute Gasteiger partial charge is 0.294 e. The number of aryl methyl sites for hydroxylation is 1. The molecule has 3 heteroatoms. The molecule has 0 radical (unpaired) electrons. The molecule has 0 aliphatic rings. The zero-order chi connectivity index (χ0) is 11.3. The van der Waals surface area contributed by atoms with Gasteiger partial charge in [0.25, 0.3) is 0 Å². The Morgan fingerprint density at radius 2 is 2.20 bits per heavy atom. The summed E-state index contributed by atoms with van der Waals surface area (Å²) >= 11 is 9.17. The van der Waals surface area contributed by atoms with Crippen LogP contribution in [-0.2, 0) is 12.3 Å². The van der Waals surface area contributed by atoms with E-state index in [1.54, 1.807) is 0 Å². The summed E-state index contributed by atoms with van der Waals surface area (Å²) in [7, 11) is 0. The van der Waals surface area contributed by atoms with Crippen LogP contribution in [0.25, 0.3) is 0 Å². The number of hydrogen-bond acceptors (Lipinski definition) is 1. The molecular weight excluding hydrogens is 275 g/mol. The van der Waals surface area contributed by atoms with Crippen LogP contribution in [0, 0.1) is 0 Å². The Morgan fingerprint density at radius 1 is 1.47 bits per heavy atom. The van der Waals surface area contributed by atoms with Gasteiger partial charge in [-0.25, -0.2) is 0 Å². The van der Waals surface area contributed by atoms with Gasteiger partial charge in [-0.05, 0) is 17.5 Å². The van der Waals surface area contributed by atoms with Crippen LogP contribution in [-0.4, -0.2) is 11.1 Å². The fourth-order valence-corrected chi connectivity index (χ4v) is 2.28. The molecule has 1 rings (SSSR count). The van der Waals surface area contributed by atoms with Crippen molar-refractivity contribution < 1.29 is 4.79 Å². The number of rotatable bonds is 5. The highest BCUT2D eigenvalue weighted by Gasteiger charge is 2.12. The molecule has 0 fully saturated rings. The number of halogens is 2. The average Bonchev–Trinajstić information content (AvgIpc) is 2.28. The summed E-state index contributed by atoms with van der Waals surface area (Å²) in [5, 5.41) is 0.698. The first-order chi connectivity index (χ1) is 7.24. The van der Waals surface area contributed by atoms with Crippen LogP contribution in [0.5, 0.6) is 0 Å². The highest BCUT2D eigenvalue weighted by atomic mass is 79.9. The maximum absolute atomic E-state index is 11.8. The standard InChI is InChI=1S/C12H14BrClO/c1-2-9-4-3-5-10(11(9)8-14)12(15)6-7-13/h3-5H,2,6-8H2,1H3. The second kappa shape index (κ2) is 6.29. The minimum atomic E-state index is 0.165. The van der Waals surface area contributed by atoms with Crippen molar-refractivity contribution in [1.29, 1.82) is 0 Å². The quantitative estimate of drug-likeness (QED) is 0.592. The number of Topliss-reactive ketones (excluding diaryl/α,β-unsaturated/α-hetero) is 1. The lowest BCUT2D eigenvalue weighted by atomic mass is 9.97. The lowest BCUT2D eigenvalue weighted by Gasteiger charge is -2.10. The summed E-state index contributed by atoms with van der Waals surface area (Å²) in [5.74, 6) is 0.575. The highest BCUT2D eigenvalue weighted by Crippen LogP contribution is 2.19. The first-order valence-electron chi connectivity index (χ1n) is 5.00. The van der Waals surface area contributed by atoms with Crippen LogP contribution in [0.15, 0.2) is 18.2 Å². The van der Waals surface area contributed by atoms with E-state index in [9.17, 15) is 4.79 Å². The number of benzene rings is 1. The Labute approximate surface area is 104 Å². The molecule has 1 aromatic carbocycles. The lowest BCUT2D eigenvalue weighted by Crippen LogP contribution is -2.05. The minimum absolute atomic E-state index is 0.165. The van der Waals surface area contributed by atoms with E-state index in [1.165, 1.54) is 5.56 Å². The molecule has 0 aliphatic carbocycles. The monoisotopic (exact) mass is 288 g/mol. The first-order valence-corrected chi connectivity index (χ1v) is 6.66. The fourth-order valence-electron chi connectivity index (χ4n) is 1.61. The van der Waals surface area contributed by atoms with Crippen molar-refractivity contribution in [3.05, 3.63) is 34.9 Å². The number of carbonyl (C=O) groups is 1. The average molecular weight is 290 g/mol. The highest BCUT2D eigenvalue weighted by molar-refractivity contribution is 9.09. The van der Waals surface area contributed by atoms with Crippen molar-refractivity contribution in [2.24, 2.45) is 0 Å². The number of alkyl halides is 2. The predicted molar refractivity (Wildman–Crippen MR) is 68.1 cm³/mol. The van der Waals surface area contributed by atoms with Gasteiger partial charge in [0.15, 0.2) is 5.78 Å². The van der Waals surface area contributed by atoms with Gasteiger partial charge in [0.2, 0.25) is 0 Å². The molecule has 0 amide bonds. The van der Waals surface area contributed by atoms with E-state index >= 15 is 0 Å². The van der Waals surface area contributed by atoms with Crippen LogP contribution >= 0.6 is 27.5 Å². The van der Waals surface area contributed by atoms with E-state index in [4.69, 9.17) is 11.6 Å². The van der Waals surface area contributed by atoms with E-state index < -0.39 is 0 Å². The molecule has 0 N–H and O–H groups in total. The molecule has 0 atom stereocenters. The van der Waals surface area contributed by atoms with Crippen molar-refractivity contribution in [1.82, 2.24) is 0 Å². The molecular formula is C12H14BrClO. The summed E-state index contributed by atoms with van der Waals surface area (Å²) in [6.45, 7) is 2.07. The van der Waals surface area contributed by atoms with Crippen molar-refractivity contribution >= 4 is 33.3 Å². The second-order valence-electron chi connectivity index (χ2n) is 3.29. The van der Waals surface area contributed by atoms with Crippen LogP contribution in [0.3, 0.4) is 0 Å². The smallest absolute Gasteiger partial charge is 0.164 e. The third-order valence-electron chi connectivity index (χ3n) is 2.41. The SMILES string of the molecule is CCc1cccc(C(=O)CCBr)c1CCl. The van der Waals surface area contributed by atoms with E-state index in [2.05, 4.69) is 22.9 Å². The van der Waals surface area contributed by atoms with Gasteiger partial charge in [-0.2, -0.15) is 0 Å². The van der Waals surface area contributed by atoms with E-state index in [0.717, 1.165) is 17.5 Å². The molecule has 15 heavy (non-hydrogen) atoms. The van der Waals surface area contributed by atoms with E-state index in [1.807, 2.05) is 18.2 Å². The van der Waals surface area contributed by atoms with Gasteiger partial charge in [0.1, 0.15) is 0 Å². The van der Waals surface area contributed by atoms with Crippen molar-refractivity contribution in [3.63, 3.8) is 0 Å².